The Hall–Kier alpha value is -0.620. The van der Waals surface area contributed by atoms with Crippen LogP contribution in [0, 0.1) is 5.92 Å². The molecule has 18 heavy (non-hydrogen) atoms. The molecule has 1 fully saturated rings. The molecule has 0 spiro atoms. The average molecular weight is 290 g/mol. The second-order valence-electron chi connectivity index (χ2n) is 4.49. The molecule has 1 aliphatic rings. The second-order valence-corrected chi connectivity index (χ2v) is 6.86. The molecular weight excluding hydrogens is 274 g/mol. The number of rotatable bonds is 3. The molecule has 1 aromatic rings. The van der Waals surface area contributed by atoms with Gasteiger partial charge in [-0.15, -0.1) is 0 Å². The Labute approximate surface area is 112 Å². The van der Waals surface area contributed by atoms with Gasteiger partial charge in [-0.05, 0) is 37.0 Å². The van der Waals surface area contributed by atoms with Crippen LogP contribution < -0.4 is 0 Å². The van der Waals surface area contributed by atoms with Gasteiger partial charge in [0.25, 0.3) is 0 Å². The van der Waals surface area contributed by atoms with Crippen molar-refractivity contribution < 1.29 is 13.5 Å². The summed E-state index contributed by atoms with van der Waals surface area (Å²) in [5, 5.41) is 9.47. The number of aliphatic hydroxyl groups excluding tert-OH is 1. The Morgan fingerprint density at radius 2 is 2.00 bits per heavy atom. The van der Waals surface area contributed by atoms with E-state index in [1.54, 1.807) is 18.2 Å². The zero-order valence-corrected chi connectivity index (χ0v) is 11.5. The lowest BCUT2D eigenvalue weighted by atomic mass is 10.00. The number of benzene rings is 1. The summed E-state index contributed by atoms with van der Waals surface area (Å²) in [6, 6.07) is 6.31. The maximum Gasteiger partial charge on any atom is 0.243 e. The predicted octanol–water partition coefficient (Wildman–Crippen LogP) is 1.73. The fraction of sp³-hybridized carbons (Fsp3) is 0.500. The highest BCUT2D eigenvalue weighted by atomic mass is 35.5. The fourth-order valence-corrected chi connectivity index (χ4v) is 3.88. The third-order valence-corrected chi connectivity index (χ3v) is 5.40. The van der Waals surface area contributed by atoms with Gasteiger partial charge in [0.05, 0.1) is 4.90 Å². The Bertz CT molecular complexity index is 510. The van der Waals surface area contributed by atoms with Gasteiger partial charge in [0.1, 0.15) is 0 Å². The van der Waals surface area contributed by atoms with Crippen molar-refractivity contribution in [3.63, 3.8) is 0 Å². The first kappa shape index (κ1) is 13.8. The predicted molar refractivity (Wildman–Crippen MR) is 70.0 cm³/mol. The van der Waals surface area contributed by atoms with Crippen molar-refractivity contribution in [3.05, 3.63) is 29.3 Å². The smallest absolute Gasteiger partial charge is 0.243 e. The van der Waals surface area contributed by atoms with Gasteiger partial charge >= 0.3 is 0 Å². The van der Waals surface area contributed by atoms with Gasteiger partial charge in [0.15, 0.2) is 0 Å². The van der Waals surface area contributed by atoms with Crippen LogP contribution in [0.3, 0.4) is 0 Å². The van der Waals surface area contributed by atoms with Crippen LogP contribution in [0.4, 0.5) is 0 Å². The first-order valence-electron chi connectivity index (χ1n) is 5.90. The van der Waals surface area contributed by atoms with E-state index < -0.39 is 10.0 Å². The first-order chi connectivity index (χ1) is 8.54. The third-order valence-electron chi connectivity index (χ3n) is 3.27. The second kappa shape index (κ2) is 5.57. The monoisotopic (exact) mass is 289 g/mol. The molecule has 1 N–H and O–H groups in total. The minimum atomic E-state index is -3.45. The van der Waals surface area contributed by atoms with Crippen molar-refractivity contribution in [2.24, 2.45) is 5.92 Å². The van der Waals surface area contributed by atoms with E-state index in [9.17, 15) is 8.42 Å². The topological polar surface area (TPSA) is 57.6 Å². The summed E-state index contributed by atoms with van der Waals surface area (Å²) < 4.78 is 26.1. The van der Waals surface area contributed by atoms with E-state index in [1.807, 2.05) is 0 Å². The maximum absolute atomic E-state index is 12.3. The van der Waals surface area contributed by atoms with Gasteiger partial charge in [-0.3, -0.25) is 0 Å². The summed E-state index contributed by atoms with van der Waals surface area (Å²) in [4.78, 5) is 0.234. The Balaban J connectivity index is 2.17. The molecule has 2 rings (SSSR count). The van der Waals surface area contributed by atoms with Crippen LogP contribution >= 0.6 is 11.6 Å². The van der Waals surface area contributed by atoms with Gasteiger partial charge in [-0.2, -0.15) is 4.31 Å². The molecule has 0 aromatic heterocycles. The molecule has 4 nitrogen and oxygen atoms in total. The van der Waals surface area contributed by atoms with E-state index in [-0.39, 0.29) is 17.4 Å². The van der Waals surface area contributed by atoms with Crippen LogP contribution in [0.5, 0.6) is 0 Å². The molecule has 0 amide bonds. The van der Waals surface area contributed by atoms with E-state index in [0.29, 0.717) is 31.0 Å². The minimum absolute atomic E-state index is 0.130. The van der Waals surface area contributed by atoms with Crippen molar-refractivity contribution in [1.82, 2.24) is 4.31 Å². The molecule has 6 heteroatoms. The van der Waals surface area contributed by atoms with Gasteiger partial charge < -0.3 is 5.11 Å². The molecule has 0 saturated carbocycles. The van der Waals surface area contributed by atoms with Crippen LogP contribution in [0.25, 0.3) is 0 Å². The highest BCUT2D eigenvalue weighted by Gasteiger charge is 2.29. The van der Waals surface area contributed by atoms with E-state index in [4.69, 9.17) is 16.7 Å². The number of nitrogens with zero attached hydrogens (tertiary/aromatic N) is 1. The number of halogens is 1. The van der Waals surface area contributed by atoms with Gasteiger partial charge in [-0.25, -0.2) is 8.42 Å². The maximum atomic E-state index is 12.3. The molecule has 0 unspecified atom stereocenters. The summed E-state index contributed by atoms with van der Waals surface area (Å²) in [7, 11) is -3.45. The van der Waals surface area contributed by atoms with Crippen LogP contribution in [0.2, 0.25) is 5.02 Å². The summed E-state index contributed by atoms with van der Waals surface area (Å²) in [6.45, 7) is 1.05. The standard InChI is InChI=1S/C12H16ClNO3S/c13-11-2-1-3-12(8-11)18(16,17)14-6-4-10(9-15)5-7-14/h1-3,8,10,15H,4-7,9H2. The highest BCUT2D eigenvalue weighted by molar-refractivity contribution is 7.89. The Kier molecular flexibility index (Phi) is 4.27. The quantitative estimate of drug-likeness (QED) is 0.922. The van der Waals surface area contributed by atoms with E-state index in [2.05, 4.69) is 0 Å². The molecule has 1 heterocycles. The number of hydrogen-bond donors (Lipinski definition) is 1. The van der Waals surface area contributed by atoms with E-state index in [0.717, 1.165) is 0 Å². The van der Waals surface area contributed by atoms with Crippen molar-refractivity contribution in [1.29, 1.82) is 0 Å². The number of hydrogen-bond acceptors (Lipinski definition) is 3. The minimum Gasteiger partial charge on any atom is -0.396 e. The Morgan fingerprint density at radius 1 is 1.33 bits per heavy atom. The third kappa shape index (κ3) is 2.85. The van der Waals surface area contributed by atoms with E-state index >= 15 is 0 Å². The van der Waals surface area contributed by atoms with Crippen molar-refractivity contribution >= 4 is 21.6 Å². The average Bonchev–Trinajstić information content (AvgIpc) is 2.39. The molecule has 1 aliphatic heterocycles. The molecule has 1 saturated heterocycles. The molecule has 100 valence electrons. The lowest BCUT2D eigenvalue weighted by Gasteiger charge is -2.30. The molecule has 0 bridgehead atoms. The summed E-state index contributed by atoms with van der Waals surface area (Å²) in [6.07, 6.45) is 1.41. The lowest BCUT2D eigenvalue weighted by Crippen LogP contribution is -2.39. The SMILES string of the molecule is O=S(=O)(c1cccc(Cl)c1)N1CCC(CO)CC1. The number of sulfonamides is 1. The summed E-state index contributed by atoms with van der Waals surface area (Å²) in [5.41, 5.74) is 0. The first-order valence-corrected chi connectivity index (χ1v) is 7.72. The van der Waals surface area contributed by atoms with Gasteiger partial charge in [0.2, 0.25) is 10.0 Å². The molecule has 0 aliphatic carbocycles. The molecular formula is C12H16ClNO3S. The zero-order chi connectivity index (χ0) is 13.2. The normalized spacial score (nSPS) is 19.0. The fourth-order valence-electron chi connectivity index (χ4n) is 2.11. The number of piperidine rings is 1. The van der Waals surface area contributed by atoms with E-state index in [1.165, 1.54) is 10.4 Å². The van der Waals surface area contributed by atoms with Gasteiger partial charge in [-0.1, -0.05) is 17.7 Å². The van der Waals surface area contributed by atoms with Crippen LogP contribution in [-0.4, -0.2) is 37.5 Å². The largest absolute Gasteiger partial charge is 0.396 e. The lowest BCUT2D eigenvalue weighted by molar-refractivity contribution is 0.170. The van der Waals surface area contributed by atoms with Crippen LogP contribution in [-0.2, 0) is 10.0 Å². The Morgan fingerprint density at radius 3 is 2.56 bits per heavy atom. The van der Waals surface area contributed by atoms with Crippen molar-refractivity contribution in [3.8, 4) is 0 Å². The van der Waals surface area contributed by atoms with Crippen LogP contribution in [0.1, 0.15) is 12.8 Å². The number of aliphatic hydroxyl groups is 1. The molecule has 0 radical (unpaired) electrons. The zero-order valence-electron chi connectivity index (χ0n) is 9.92. The summed E-state index contributed by atoms with van der Waals surface area (Å²) >= 11 is 5.82. The molecule has 0 atom stereocenters. The van der Waals surface area contributed by atoms with Crippen LogP contribution in [0.15, 0.2) is 29.2 Å². The van der Waals surface area contributed by atoms with Gasteiger partial charge in [0, 0.05) is 24.7 Å². The van der Waals surface area contributed by atoms with Crippen molar-refractivity contribution in [2.45, 2.75) is 17.7 Å². The van der Waals surface area contributed by atoms with Crippen molar-refractivity contribution in [2.75, 3.05) is 19.7 Å². The highest BCUT2D eigenvalue weighted by Crippen LogP contribution is 2.24. The summed E-state index contributed by atoms with van der Waals surface area (Å²) in [5.74, 6) is 0.218. The molecule has 1 aromatic carbocycles.